The molecular weight excluding hydrogens is 419 g/mol. The zero-order chi connectivity index (χ0) is 23.2. The van der Waals surface area contributed by atoms with Gasteiger partial charge in [-0.2, -0.15) is 0 Å². The van der Waals surface area contributed by atoms with Crippen molar-refractivity contribution in [2.75, 3.05) is 18.5 Å². The van der Waals surface area contributed by atoms with Gasteiger partial charge in [0.05, 0.1) is 12.2 Å². The molecule has 0 aliphatic carbocycles. The van der Waals surface area contributed by atoms with E-state index in [1.54, 1.807) is 24.3 Å². The summed E-state index contributed by atoms with van der Waals surface area (Å²) in [6.07, 6.45) is 1.45. The summed E-state index contributed by atoms with van der Waals surface area (Å²) in [6.45, 7) is 2.89. The van der Waals surface area contributed by atoms with E-state index in [0.29, 0.717) is 35.6 Å². The number of anilines is 1. The molecule has 4 rings (SSSR count). The SMILES string of the molecule is CCCOc1ccc(C2=C(Nc3ccc(F)cc3)C(=O)N(CCc3ccccc3)C2=O)cc1. The van der Waals surface area contributed by atoms with Gasteiger partial charge in [-0.3, -0.25) is 14.5 Å². The van der Waals surface area contributed by atoms with Gasteiger partial charge in [-0.25, -0.2) is 4.39 Å². The Balaban J connectivity index is 1.63. The molecule has 0 unspecified atom stereocenters. The van der Waals surface area contributed by atoms with E-state index in [1.807, 2.05) is 37.3 Å². The van der Waals surface area contributed by atoms with Crippen LogP contribution in [0.1, 0.15) is 24.5 Å². The highest BCUT2D eigenvalue weighted by Crippen LogP contribution is 2.31. The number of imide groups is 1. The van der Waals surface area contributed by atoms with Gasteiger partial charge in [0.1, 0.15) is 17.3 Å². The first-order valence-electron chi connectivity index (χ1n) is 11.0. The second-order valence-corrected chi connectivity index (χ2v) is 7.75. The minimum atomic E-state index is -0.401. The van der Waals surface area contributed by atoms with Crippen LogP contribution in [0.3, 0.4) is 0 Å². The van der Waals surface area contributed by atoms with Crippen LogP contribution in [0.2, 0.25) is 0 Å². The molecule has 0 spiro atoms. The lowest BCUT2D eigenvalue weighted by atomic mass is 10.0. The van der Waals surface area contributed by atoms with Crippen molar-refractivity contribution >= 4 is 23.1 Å². The van der Waals surface area contributed by atoms with Crippen LogP contribution in [-0.2, 0) is 16.0 Å². The number of halogens is 1. The molecule has 0 fully saturated rings. The van der Waals surface area contributed by atoms with E-state index >= 15 is 0 Å². The number of hydrogen-bond acceptors (Lipinski definition) is 4. The lowest BCUT2D eigenvalue weighted by Crippen LogP contribution is -2.34. The van der Waals surface area contributed by atoms with Crippen molar-refractivity contribution in [3.05, 3.63) is 102 Å². The maximum absolute atomic E-state index is 13.4. The van der Waals surface area contributed by atoms with Crippen molar-refractivity contribution in [2.24, 2.45) is 0 Å². The molecule has 0 bridgehead atoms. The quantitative estimate of drug-likeness (QED) is 0.469. The number of rotatable bonds is 9. The van der Waals surface area contributed by atoms with Gasteiger partial charge in [-0.05, 0) is 60.4 Å². The van der Waals surface area contributed by atoms with Crippen molar-refractivity contribution in [2.45, 2.75) is 19.8 Å². The van der Waals surface area contributed by atoms with Crippen LogP contribution >= 0.6 is 0 Å². The van der Waals surface area contributed by atoms with Crippen LogP contribution in [0.15, 0.2) is 84.6 Å². The normalized spacial score (nSPS) is 13.6. The van der Waals surface area contributed by atoms with Crippen molar-refractivity contribution < 1.29 is 18.7 Å². The van der Waals surface area contributed by atoms with Crippen LogP contribution in [0.4, 0.5) is 10.1 Å². The van der Waals surface area contributed by atoms with E-state index in [4.69, 9.17) is 4.74 Å². The van der Waals surface area contributed by atoms with Crippen LogP contribution < -0.4 is 10.1 Å². The van der Waals surface area contributed by atoms with E-state index in [-0.39, 0.29) is 24.0 Å². The average molecular weight is 445 g/mol. The Bertz CT molecular complexity index is 1160. The number of nitrogens with one attached hydrogen (secondary N) is 1. The van der Waals surface area contributed by atoms with Gasteiger partial charge in [0.2, 0.25) is 0 Å². The second-order valence-electron chi connectivity index (χ2n) is 7.75. The van der Waals surface area contributed by atoms with Crippen LogP contribution in [0.5, 0.6) is 5.75 Å². The summed E-state index contributed by atoms with van der Waals surface area (Å²) in [7, 11) is 0. The minimum absolute atomic E-state index is 0.182. The van der Waals surface area contributed by atoms with E-state index in [2.05, 4.69) is 5.32 Å². The Kier molecular flexibility index (Phi) is 6.83. The van der Waals surface area contributed by atoms with Gasteiger partial charge >= 0.3 is 0 Å². The molecule has 2 amide bonds. The fourth-order valence-electron chi connectivity index (χ4n) is 3.66. The van der Waals surface area contributed by atoms with Crippen molar-refractivity contribution in [3.8, 4) is 5.75 Å². The van der Waals surface area contributed by atoms with Gasteiger partial charge in [0.15, 0.2) is 0 Å². The predicted octanol–water partition coefficient (Wildman–Crippen LogP) is 5.05. The summed E-state index contributed by atoms with van der Waals surface area (Å²) in [5.74, 6) is -0.438. The molecule has 0 saturated heterocycles. The molecule has 0 saturated carbocycles. The highest BCUT2D eigenvalue weighted by molar-refractivity contribution is 6.36. The molecule has 3 aromatic rings. The zero-order valence-electron chi connectivity index (χ0n) is 18.4. The molecule has 1 heterocycles. The topological polar surface area (TPSA) is 58.6 Å². The number of carbonyl (C=O) groups is 2. The molecule has 0 aromatic heterocycles. The molecule has 0 atom stereocenters. The minimum Gasteiger partial charge on any atom is -0.494 e. The molecule has 0 radical (unpaired) electrons. The van der Waals surface area contributed by atoms with Crippen molar-refractivity contribution in [1.82, 2.24) is 4.90 Å². The van der Waals surface area contributed by atoms with Crippen LogP contribution in [0, 0.1) is 5.82 Å². The Morgan fingerprint density at radius 2 is 1.58 bits per heavy atom. The summed E-state index contributed by atoms with van der Waals surface area (Å²) < 4.78 is 19.0. The molecular formula is C27H25FN2O3. The summed E-state index contributed by atoms with van der Waals surface area (Å²) in [5.41, 5.74) is 2.65. The molecule has 168 valence electrons. The molecule has 33 heavy (non-hydrogen) atoms. The van der Waals surface area contributed by atoms with Gasteiger partial charge in [0.25, 0.3) is 11.8 Å². The first-order chi connectivity index (χ1) is 16.1. The lowest BCUT2D eigenvalue weighted by Gasteiger charge is -2.15. The van der Waals surface area contributed by atoms with Crippen molar-refractivity contribution in [1.29, 1.82) is 0 Å². The third-order valence-corrected chi connectivity index (χ3v) is 5.36. The molecule has 6 heteroatoms. The van der Waals surface area contributed by atoms with E-state index in [0.717, 1.165) is 12.0 Å². The number of benzene rings is 3. The molecule has 1 N–H and O–H groups in total. The average Bonchev–Trinajstić information content (AvgIpc) is 3.07. The standard InChI is InChI=1S/C27H25FN2O3/c1-2-18-33-23-14-8-20(9-15-23)24-25(29-22-12-10-21(28)11-13-22)27(32)30(26(24)31)17-16-19-6-4-3-5-7-19/h3-15,29H,2,16-18H2,1H3. The third kappa shape index (κ3) is 5.12. The Morgan fingerprint density at radius 1 is 0.879 bits per heavy atom. The molecule has 1 aliphatic rings. The first kappa shape index (κ1) is 22.3. The summed E-state index contributed by atoms with van der Waals surface area (Å²) in [5, 5.41) is 3.04. The largest absolute Gasteiger partial charge is 0.494 e. The summed E-state index contributed by atoms with van der Waals surface area (Å²) >= 11 is 0. The molecule has 3 aromatic carbocycles. The van der Waals surface area contributed by atoms with Gasteiger partial charge < -0.3 is 10.1 Å². The number of ether oxygens (including phenoxy) is 1. The second kappa shape index (κ2) is 10.1. The van der Waals surface area contributed by atoms with Gasteiger partial charge in [0, 0.05) is 12.2 Å². The van der Waals surface area contributed by atoms with E-state index in [9.17, 15) is 14.0 Å². The fraction of sp³-hybridized carbons (Fsp3) is 0.185. The number of amides is 2. The molecule has 5 nitrogen and oxygen atoms in total. The zero-order valence-corrected chi connectivity index (χ0v) is 18.4. The summed E-state index contributed by atoms with van der Waals surface area (Å²) in [4.78, 5) is 27.9. The van der Waals surface area contributed by atoms with Crippen molar-refractivity contribution in [3.63, 3.8) is 0 Å². The number of carbonyl (C=O) groups excluding carboxylic acids is 2. The highest BCUT2D eigenvalue weighted by Gasteiger charge is 2.39. The summed E-state index contributed by atoms with van der Waals surface area (Å²) in [6, 6.07) is 22.5. The fourth-order valence-corrected chi connectivity index (χ4v) is 3.66. The Labute approximate surface area is 192 Å². The predicted molar refractivity (Wildman–Crippen MR) is 126 cm³/mol. The monoisotopic (exact) mass is 444 g/mol. The van der Waals surface area contributed by atoms with Crippen LogP contribution in [0.25, 0.3) is 5.57 Å². The van der Waals surface area contributed by atoms with Crippen LogP contribution in [-0.4, -0.2) is 29.9 Å². The Morgan fingerprint density at radius 3 is 2.24 bits per heavy atom. The maximum Gasteiger partial charge on any atom is 0.278 e. The lowest BCUT2D eigenvalue weighted by molar-refractivity contribution is -0.136. The number of nitrogens with zero attached hydrogens (tertiary/aromatic N) is 1. The van der Waals surface area contributed by atoms with E-state index < -0.39 is 5.91 Å². The molecule has 1 aliphatic heterocycles. The number of hydrogen-bond donors (Lipinski definition) is 1. The Hall–Kier alpha value is -3.93. The smallest absolute Gasteiger partial charge is 0.278 e. The third-order valence-electron chi connectivity index (χ3n) is 5.36. The first-order valence-corrected chi connectivity index (χ1v) is 11.0. The van der Waals surface area contributed by atoms with Gasteiger partial charge in [-0.15, -0.1) is 0 Å². The highest BCUT2D eigenvalue weighted by atomic mass is 19.1. The van der Waals surface area contributed by atoms with Gasteiger partial charge in [-0.1, -0.05) is 49.4 Å². The van der Waals surface area contributed by atoms with E-state index in [1.165, 1.54) is 29.2 Å². The maximum atomic E-state index is 13.4.